The van der Waals surface area contributed by atoms with Gasteiger partial charge in [0, 0.05) is 5.02 Å². The van der Waals surface area contributed by atoms with Gasteiger partial charge in [-0.2, -0.15) is 4.98 Å². The smallest absolute Gasteiger partial charge is 0.239 e. The van der Waals surface area contributed by atoms with Gasteiger partial charge in [0.25, 0.3) is 0 Å². The van der Waals surface area contributed by atoms with Crippen molar-refractivity contribution in [1.82, 2.24) is 9.97 Å². The van der Waals surface area contributed by atoms with Gasteiger partial charge in [0.2, 0.25) is 5.88 Å². The number of nitrogen functional groups attached to an aromatic ring is 1. The van der Waals surface area contributed by atoms with E-state index >= 15 is 0 Å². The highest BCUT2D eigenvalue weighted by Gasteiger charge is 2.05. The monoisotopic (exact) mass is 270 g/mol. The minimum atomic E-state index is 0.282. The second kappa shape index (κ2) is 5.18. The summed E-state index contributed by atoms with van der Waals surface area (Å²) in [4.78, 5) is 7.94. The Balaban J connectivity index is 2.25. The lowest BCUT2D eigenvalue weighted by Gasteiger charge is -2.07. The van der Waals surface area contributed by atoms with E-state index in [0.717, 1.165) is 0 Å². The SMILES string of the molecule is NNc1cncc(Oc2ccc(Cl)cc2Cl)n1. The summed E-state index contributed by atoms with van der Waals surface area (Å²) in [6.45, 7) is 0. The van der Waals surface area contributed by atoms with E-state index in [2.05, 4.69) is 15.4 Å². The minimum Gasteiger partial charge on any atom is -0.436 e. The molecular formula is C10H8Cl2N4O. The van der Waals surface area contributed by atoms with Crippen LogP contribution >= 0.6 is 23.2 Å². The van der Waals surface area contributed by atoms with Gasteiger partial charge in [0.15, 0.2) is 5.82 Å². The van der Waals surface area contributed by atoms with Crippen LogP contribution in [0.15, 0.2) is 30.6 Å². The number of anilines is 1. The summed E-state index contributed by atoms with van der Waals surface area (Å²) in [7, 11) is 0. The molecule has 0 aliphatic carbocycles. The predicted octanol–water partition coefficient (Wildman–Crippen LogP) is 2.86. The Hall–Kier alpha value is -1.56. The Bertz CT molecular complexity index is 535. The first-order chi connectivity index (χ1) is 8.19. The van der Waals surface area contributed by atoms with Crippen molar-refractivity contribution in [3.05, 3.63) is 40.6 Å². The summed E-state index contributed by atoms with van der Waals surface area (Å²) in [6, 6.07) is 4.90. The maximum atomic E-state index is 5.96. The number of halogens is 2. The maximum Gasteiger partial charge on any atom is 0.239 e. The molecule has 0 radical (unpaired) electrons. The molecule has 0 saturated heterocycles. The molecule has 1 heterocycles. The molecule has 0 unspecified atom stereocenters. The molecule has 0 spiro atoms. The van der Waals surface area contributed by atoms with Crippen LogP contribution in [0.2, 0.25) is 10.0 Å². The molecule has 2 aromatic rings. The molecule has 0 bridgehead atoms. The van der Waals surface area contributed by atoms with Gasteiger partial charge in [0.1, 0.15) is 5.75 Å². The molecule has 1 aromatic heterocycles. The van der Waals surface area contributed by atoms with Gasteiger partial charge in [-0.05, 0) is 18.2 Å². The number of nitrogens with zero attached hydrogens (tertiary/aromatic N) is 2. The van der Waals surface area contributed by atoms with Crippen molar-refractivity contribution in [3.8, 4) is 11.6 Å². The third-order valence-electron chi connectivity index (χ3n) is 1.87. The summed E-state index contributed by atoms with van der Waals surface area (Å²) < 4.78 is 5.45. The summed E-state index contributed by atoms with van der Waals surface area (Å²) in [5, 5.41) is 0.927. The van der Waals surface area contributed by atoms with Crippen LogP contribution in [0.5, 0.6) is 11.6 Å². The van der Waals surface area contributed by atoms with Crippen molar-refractivity contribution in [1.29, 1.82) is 0 Å². The number of hydrazine groups is 1. The summed E-state index contributed by atoms with van der Waals surface area (Å²) in [6.07, 6.45) is 2.92. The number of rotatable bonds is 3. The predicted molar refractivity (Wildman–Crippen MR) is 66.4 cm³/mol. The minimum absolute atomic E-state index is 0.282. The number of nitrogens with two attached hydrogens (primary N) is 1. The van der Waals surface area contributed by atoms with E-state index in [1.807, 2.05) is 0 Å². The van der Waals surface area contributed by atoms with Crippen LogP contribution in [0.1, 0.15) is 0 Å². The largest absolute Gasteiger partial charge is 0.436 e. The second-order valence-electron chi connectivity index (χ2n) is 3.06. The topological polar surface area (TPSA) is 73.1 Å². The average molecular weight is 271 g/mol. The molecule has 7 heteroatoms. The zero-order chi connectivity index (χ0) is 12.3. The van der Waals surface area contributed by atoms with Crippen molar-refractivity contribution < 1.29 is 4.74 Å². The molecular weight excluding hydrogens is 263 g/mol. The van der Waals surface area contributed by atoms with Gasteiger partial charge >= 0.3 is 0 Å². The van der Waals surface area contributed by atoms with E-state index in [0.29, 0.717) is 21.6 Å². The van der Waals surface area contributed by atoms with E-state index in [-0.39, 0.29) is 5.88 Å². The molecule has 0 saturated carbocycles. The van der Waals surface area contributed by atoms with Gasteiger partial charge in [-0.15, -0.1) is 0 Å². The van der Waals surface area contributed by atoms with E-state index in [4.69, 9.17) is 33.8 Å². The fraction of sp³-hybridized carbons (Fsp3) is 0. The lowest BCUT2D eigenvalue weighted by molar-refractivity contribution is 0.461. The first-order valence-electron chi connectivity index (χ1n) is 4.60. The van der Waals surface area contributed by atoms with Gasteiger partial charge in [-0.3, -0.25) is 4.98 Å². The molecule has 0 atom stereocenters. The van der Waals surface area contributed by atoms with Crippen LogP contribution in [-0.4, -0.2) is 9.97 Å². The van der Waals surface area contributed by atoms with E-state index in [9.17, 15) is 0 Å². The average Bonchev–Trinajstić information content (AvgIpc) is 2.33. The fourth-order valence-corrected chi connectivity index (χ4v) is 1.58. The first-order valence-corrected chi connectivity index (χ1v) is 5.36. The Kier molecular flexibility index (Phi) is 3.63. The standard InChI is InChI=1S/C10H8Cl2N4O/c11-6-1-2-8(7(12)3-6)17-10-5-14-4-9(15-10)16-13/h1-5H,13H2,(H,15,16). The van der Waals surface area contributed by atoms with Crippen LogP contribution in [0, 0.1) is 0 Å². The van der Waals surface area contributed by atoms with Gasteiger partial charge in [0.05, 0.1) is 17.4 Å². The summed E-state index contributed by atoms with van der Waals surface area (Å²) in [5.41, 5.74) is 2.37. The Morgan fingerprint density at radius 3 is 2.76 bits per heavy atom. The summed E-state index contributed by atoms with van der Waals surface area (Å²) >= 11 is 11.7. The molecule has 3 N–H and O–H groups in total. The van der Waals surface area contributed by atoms with Crippen molar-refractivity contribution in [3.63, 3.8) is 0 Å². The third kappa shape index (κ3) is 2.97. The van der Waals surface area contributed by atoms with Gasteiger partial charge < -0.3 is 10.2 Å². The highest BCUT2D eigenvalue weighted by Crippen LogP contribution is 2.30. The Morgan fingerprint density at radius 1 is 1.24 bits per heavy atom. The van der Waals surface area contributed by atoms with Crippen molar-refractivity contribution in [2.24, 2.45) is 5.84 Å². The van der Waals surface area contributed by atoms with Crippen molar-refractivity contribution in [2.75, 3.05) is 5.43 Å². The number of nitrogens with one attached hydrogen (secondary N) is 1. The lowest BCUT2D eigenvalue weighted by atomic mass is 10.3. The molecule has 1 aromatic carbocycles. The van der Waals surface area contributed by atoms with Crippen LogP contribution in [0.4, 0.5) is 5.82 Å². The van der Waals surface area contributed by atoms with Crippen LogP contribution in [0.3, 0.4) is 0 Å². The number of ether oxygens (including phenoxy) is 1. The molecule has 2 rings (SSSR count). The Labute approximate surface area is 108 Å². The zero-order valence-electron chi connectivity index (χ0n) is 8.52. The number of hydrogen-bond donors (Lipinski definition) is 2. The molecule has 0 amide bonds. The molecule has 0 aliphatic heterocycles. The first kappa shape index (κ1) is 11.9. The van der Waals surface area contributed by atoms with Gasteiger partial charge in [-0.25, -0.2) is 5.84 Å². The van der Waals surface area contributed by atoms with Crippen molar-refractivity contribution in [2.45, 2.75) is 0 Å². The molecule has 88 valence electrons. The molecule has 0 aliphatic rings. The number of hydrogen-bond acceptors (Lipinski definition) is 5. The molecule has 17 heavy (non-hydrogen) atoms. The van der Waals surface area contributed by atoms with E-state index in [1.165, 1.54) is 12.4 Å². The fourth-order valence-electron chi connectivity index (χ4n) is 1.14. The highest BCUT2D eigenvalue weighted by molar-refractivity contribution is 6.35. The lowest BCUT2D eigenvalue weighted by Crippen LogP contribution is -2.09. The van der Waals surface area contributed by atoms with Crippen LogP contribution in [0.25, 0.3) is 0 Å². The highest BCUT2D eigenvalue weighted by atomic mass is 35.5. The number of aromatic nitrogens is 2. The zero-order valence-corrected chi connectivity index (χ0v) is 10.0. The maximum absolute atomic E-state index is 5.96. The number of benzene rings is 1. The van der Waals surface area contributed by atoms with E-state index in [1.54, 1.807) is 18.2 Å². The molecule has 5 nitrogen and oxygen atoms in total. The normalized spacial score (nSPS) is 10.1. The van der Waals surface area contributed by atoms with Gasteiger partial charge in [-0.1, -0.05) is 23.2 Å². The van der Waals surface area contributed by atoms with Crippen molar-refractivity contribution >= 4 is 29.0 Å². The Morgan fingerprint density at radius 2 is 2.06 bits per heavy atom. The summed E-state index contributed by atoms with van der Waals surface area (Å²) in [5.74, 6) is 6.33. The van der Waals surface area contributed by atoms with Crippen LogP contribution < -0.4 is 16.0 Å². The van der Waals surface area contributed by atoms with Crippen LogP contribution in [-0.2, 0) is 0 Å². The van der Waals surface area contributed by atoms with E-state index < -0.39 is 0 Å². The molecule has 0 fully saturated rings. The third-order valence-corrected chi connectivity index (χ3v) is 2.40. The quantitative estimate of drug-likeness (QED) is 0.663. The second-order valence-corrected chi connectivity index (χ2v) is 3.91.